The van der Waals surface area contributed by atoms with Crippen LogP contribution in [0.15, 0.2) is 6.07 Å². The minimum atomic E-state index is 0.328. The number of nitrogens with two attached hydrogens (primary N) is 1. The van der Waals surface area contributed by atoms with Gasteiger partial charge in [-0.2, -0.15) is 0 Å². The minimum absolute atomic E-state index is 0.328. The SMILES string of the molecule is CC(CN1CCOCC1)Nc1cc(N)nc(C2CC2)n1. The summed E-state index contributed by atoms with van der Waals surface area (Å²) in [6, 6.07) is 2.15. The van der Waals surface area contributed by atoms with Gasteiger partial charge in [-0.1, -0.05) is 0 Å². The number of aromatic nitrogens is 2. The Morgan fingerprint density at radius 2 is 2.15 bits per heavy atom. The molecule has 0 amide bonds. The second-order valence-electron chi connectivity index (χ2n) is 5.77. The van der Waals surface area contributed by atoms with Gasteiger partial charge < -0.3 is 15.8 Å². The molecule has 20 heavy (non-hydrogen) atoms. The van der Waals surface area contributed by atoms with Gasteiger partial charge in [0.05, 0.1) is 13.2 Å². The Morgan fingerprint density at radius 1 is 1.40 bits per heavy atom. The maximum Gasteiger partial charge on any atom is 0.136 e. The van der Waals surface area contributed by atoms with Gasteiger partial charge in [0, 0.05) is 37.7 Å². The average Bonchev–Trinajstić information content (AvgIpc) is 3.23. The molecule has 1 aromatic rings. The van der Waals surface area contributed by atoms with Crippen LogP contribution in [0.3, 0.4) is 0 Å². The first-order valence-corrected chi connectivity index (χ1v) is 7.42. The highest BCUT2D eigenvalue weighted by Crippen LogP contribution is 2.38. The van der Waals surface area contributed by atoms with Gasteiger partial charge in [-0.05, 0) is 19.8 Å². The Hall–Kier alpha value is -1.40. The van der Waals surface area contributed by atoms with E-state index in [1.54, 1.807) is 0 Å². The highest BCUT2D eigenvalue weighted by atomic mass is 16.5. The van der Waals surface area contributed by atoms with Crippen molar-refractivity contribution in [1.82, 2.24) is 14.9 Å². The van der Waals surface area contributed by atoms with Crippen LogP contribution in [0.2, 0.25) is 0 Å². The van der Waals surface area contributed by atoms with Crippen molar-refractivity contribution in [3.8, 4) is 0 Å². The third-order valence-electron chi connectivity index (χ3n) is 3.74. The van der Waals surface area contributed by atoms with Gasteiger partial charge in [0.1, 0.15) is 17.5 Å². The summed E-state index contributed by atoms with van der Waals surface area (Å²) in [6.45, 7) is 6.84. The van der Waals surface area contributed by atoms with Crippen LogP contribution in [0.1, 0.15) is 31.5 Å². The maximum absolute atomic E-state index is 5.87. The van der Waals surface area contributed by atoms with Gasteiger partial charge in [0.15, 0.2) is 0 Å². The molecule has 3 N–H and O–H groups in total. The van der Waals surface area contributed by atoms with Crippen LogP contribution in [0.5, 0.6) is 0 Å². The van der Waals surface area contributed by atoms with Gasteiger partial charge >= 0.3 is 0 Å². The third kappa shape index (κ3) is 3.58. The lowest BCUT2D eigenvalue weighted by atomic mass is 10.3. The number of morpholine rings is 1. The normalized spacial score (nSPS) is 21.6. The minimum Gasteiger partial charge on any atom is -0.384 e. The van der Waals surface area contributed by atoms with Crippen molar-refractivity contribution in [3.05, 3.63) is 11.9 Å². The summed E-state index contributed by atoms with van der Waals surface area (Å²) >= 11 is 0. The van der Waals surface area contributed by atoms with E-state index < -0.39 is 0 Å². The smallest absolute Gasteiger partial charge is 0.136 e. The average molecular weight is 277 g/mol. The zero-order valence-corrected chi connectivity index (χ0v) is 12.0. The van der Waals surface area contributed by atoms with Gasteiger partial charge in [-0.25, -0.2) is 9.97 Å². The van der Waals surface area contributed by atoms with E-state index in [0.29, 0.717) is 17.8 Å². The van der Waals surface area contributed by atoms with Gasteiger partial charge in [0.25, 0.3) is 0 Å². The number of anilines is 2. The molecule has 2 fully saturated rings. The summed E-state index contributed by atoms with van der Waals surface area (Å²) < 4.78 is 5.37. The summed E-state index contributed by atoms with van der Waals surface area (Å²) in [5.74, 6) is 2.82. The first kappa shape index (κ1) is 13.6. The quantitative estimate of drug-likeness (QED) is 0.838. The number of nitrogens with one attached hydrogen (secondary N) is 1. The third-order valence-corrected chi connectivity index (χ3v) is 3.74. The molecule has 0 radical (unpaired) electrons. The Bertz CT molecular complexity index is 457. The molecule has 1 aromatic heterocycles. The second kappa shape index (κ2) is 5.93. The second-order valence-corrected chi connectivity index (χ2v) is 5.77. The molecule has 1 saturated carbocycles. The summed E-state index contributed by atoms with van der Waals surface area (Å²) in [7, 11) is 0. The first-order chi connectivity index (χ1) is 9.70. The van der Waals surface area contributed by atoms with E-state index in [1.165, 1.54) is 12.8 Å². The van der Waals surface area contributed by atoms with Gasteiger partial charge in [0.2, 0.25) is 0 Å². The summed E-state index contributed by atoms with van der Waals surface area (Å²) in [4.78, 5) is 11.3. The molecule has 6 heteroatoms. The van der Waals surface area contributed by atoms with Crippen molar-refractivity contribution in [3.63, 3.8) is 0 Å². The maximum atomic E-state index is 5.87. The van der Waals surface area contributed by atoms with Crippen LogP contribution < -0.4 is 11.1 Å². The molecule has 0 spiro atoms. The molecule has 1 aliphatic heterocycles. The van der Waals surface area contributed by atoms with Crippen molar-refractivity contribution in [2.24, 2.45) is 0 Å². The molecule has 2 heterocycles. The number of hydrogen-bond acceptors (Lipinski definition) is 6. The van der Waals surface area contributed by atoms with Crippen molar-refractivity contribution in [1.29, 1.82) is 0 Å². The zero-order chi connectivity index (χ0) is 13.9. The van der Waals surface area contributed by atoms with Gasteiger partial charge in [-0.15, -0.1) is 0 Å². The van der Waals surface area contributed by atoms with E-state index >= 15 is 0 Å². The number of hydrogen-bond donors (Lipinski definition) is 2. The van der Waals surface area contributed by atoms with E-state index in [9.17, 15) is 0 Å². The Labute approximate surface area is 119 Å². The fourth-order valence-electron chi connectivity index (χ4n) is 2.55. The largest absolute Gasteiger partial charge is 0.384 e. The molecular formula is C14H23N5O. The fraction of sp³-hybridized carbons (Fsp3) is 0.714. The lowest BCUT2D eigenvalue weighted by molar-refractivity contribution is 0.0368. The van der Waals surface area contributed by atoms with E-state index in [2.05, 4.69) is 27.1 Å². The molecular weight excluding hydrogens is 254 g/mol. The topological polar surface area (TPSA) is 76.3 Å². The standard InChI is InChI=1S/C14H23N5O/c1-10(9-19-4-6-20-7-5-19)16-13-8-12(15)17-14(18-13)11-2-3-11/h8,10-11H,2-7,9H2,1H3,(H3,15,16,17,18). The van der Waals surface area contributed by atoms with Crippen LogP contribution >= 0.6 is 0 Å². The molecule has 0 aromatic carbocycles. The Morgan fingerprint density at radius 3 is 2.85 bits per heavy atom. The molecule has 3 rings (SSSR count). The number of nitrogens with zero attached hydrogens (tertiary/aromatic N) is 3. The molecule has 6 nitrogen and oxygen atoms in total. The first-order valence-electron chi connectivity index (χ1n) is 7.42. The molecule has 1 saturated heterocycles. The highest BCUT2D eigenvalue weighted by molar-refractivity contribution is 5.46. The predicted molar refractivity (Wildman–Crippen MR) is 78.8 cm³/mol. The number of rotatable bonds is 5. The summed E-state index contributed by atoms with van der Waals surface area (Å²) in [6.07, 6.45) is 2.37. The van der Waals surface area contributed by atoms with E-state index in [4.69, 9.17) is 10.5 Å². The van der Waals surface area contributed by atoms with Gasteiger partial charge in [-0.3, -0.25) is 4.90 Å². The van der Waals surface area contributed by atoms with Crippen LogP contribution in [0, 0.1) is 0 Å². The van der Waals surface area contributed by atoms with Crippen molar-refractivity contribution < 1.29 is 4.74 Å². The summed E-state index contributed by atoms with van der Waals surface area (Å²) in [5.41, 5.74) is 5.87. The molecule has 1 unspecified atom stereocenters. The number of ether oxygens (including phenoxy) is 1. The van der Waals surface area contributed by atoms with Crippen LogP contribution in [-0.2, 0) is 4.74 Å². The van der Waals surface area contributed by atoms with E-state index in [1.807, 2.05) is 6.07 Å². The summed E-state index contributed by atoms with van der Waals surface area (Å²) in [5, 5.41) is 3.44. The molecule has 2 aliphatic rings. The van der Waals surface area contributed by atoms with Crippen LogP contribution in [0.4, 0.5) is 11.6 Å². The van der Waals surface area contributed by atoms with Crippen LogP contribution in [-0.4, -0.2) is 53.8 Å². The zero-order valence-electron chi connectivity index (χ0n) is 12.0. The lowest BCUT2D eigenvalue weighted by Crippen LogP contribution is -2.42. The molecule has 110 valence electrons. The van der Waals surface area contributed by atoms with Crippen LogP contribution in [0.25, 0.3) is 0 Å². The molecule has 0 bridgehead atoms. The number of nitrogen functional groups attached to an aromatic ring is 1. The monoisotopic (exact) mass is 277 g/mol. The molecule has 1 aliphatic carbocycles. The van der Waals surface area contributed by atoms with Crippen molar-refractivity contribution in [2.75, 3.05) is 43.9 Å². The van der Waals surface area contributed by atoms with E-state index in [0.717, 1.165) is 44.5 Å². The Balaban J connectivity index is 1.58. The molecule has 1 atom stereocenters. The predicted octanol–water partition coefficient (Wildman–Crippen LogP) is 1.07. The van der Waals surface area contributed by atoms with E-state index in [-0.39, 0.29) is 0 Å². The highest BCUT2D eigenvalue weighted by Gasteiger charge is 2.27. The lowest BCUT2D eigenvalue weighted by Gasteiger charge is -2.29. The van der Waals surface area contributed by atoms with Crippen molar-refractivity contribution >= 4 is 11.6 Å². The fourth-order valence-corrected chi connectivity index (χ4v) is 2.55. The Kier molecular flexibility index (Phi) is 4.03. The van der Waals surface area contributed by atoms with Crippen molar-refractivity contribution in [2.45, 2.75) is 31.7 Å².